The minimum atomic E-state index is -0.612. The number of nitro groups is 1. The van der Waals surface area contributed by atoms with Crippen LogP contribution in [0.1, 0.15) is 32.6 Å². The zero-order valence-corrected chi connectivity index (χ0v) is 13.9. The molecular formula is C17H26N2O4. The molecular weight excluding hydrogens is 296 g/mol. The monoisotopic (exact) mass is 322 g/mol. The summed E-state index contributed by atoms with van der Waals surface area (Å²) < 4.78 is 5.48. The topological polar surface area (TPSA) is 75.8 Å². The van der Waals surface area contributed by atoms with Gasteiger partial charge in [-0.2, -0.15) is 0 Å². The molecule has 128 valence electrons. The Bertz CT molecular complexity index is 515. The number of ether oxygens (including phenoxy) is 1. The van der Waals surface area contributed by atoms with E-state index in [1.54, 1.807) is 12.1 Å². The summed E-state index contributed by atoms with van der Waals surface area (Å²) in [5.41, 5.74) is -0.00886. The van der Waals surface area contributed by atoms with E-state index in [4.69, 9.17) is 4.74 Å². The van der Waals surface area contributed by atoms with Gasteiger partial charge in [0, 0.05) is 18.7 Å². The summed E-state index contributed by atoms with van der Waals surface area (Å²) in [4.78, 5) is 12.5. The summed E-state index contributed by atoms with van der Waals surface area (Å²) in [5.74, 6) is 1.22. The van der Waals surface area contributed by atoms with Crippen LogP contribution in [0.25, 0.3) is 0 Å². The van der Waals surface area contributed by atoms with Crippen molar-refractivity contribution in [2.24, 2.45) is 5.92 Å². The lowest BCUT2D eigenvalue weighted by Crippen LogP contribution is -2.41. The smallest absolute Gasteiger partial charge is 0.273 e. The molecule has 1 aliphatic rings. The van der Waals surface area contributed by atoms with Crippen LogP contribution in [0.3, 0.4) is 0 Å². The summed E-state index contributed by atoms with van der Waals surface area (Å²) in [6.45, 7) is 2.97. The van der Waals surface area contributed by atoms with E-state index < -0.39 is 11.0 Å². The first-order valence-electron chi connectivity index (χ1n) is 8.21. The van der Waals surface area contributed by atoms with Crippen LogP contribution < -0.4 is 4.74 Å². The van der Waals surface area contributed by atoms with Crippen LogP contribution in [0.5, 0.6) is 5.75 Å². The molecule has 1 aromatic rings. The quantitative estimate of drug-likeness (QED) is 0.617. The average Bonchev–Trinajstić information content (AvgIpc) is 2.53. The summed E-state index contributed by atoms with van der Waals surface area (Å²) in [5, 5.41) is 20.9. The molecule has 1 aromatic carbocycles. The SMILES string of the molecule is CC1CCC(N(C)CC(O)COc2cccc([N+](=O)[O-])c2)CC1. The van der Waals surface area contributed by atoms with Gasteiger partial charge in [-0.25, -0.2) is 0 Å². The predicted molar refractivity (Wildman–Crippen MR) is 88.6 cm³/mol. The van der Waals surface area contributed by atoms with Crippen LogP contribution in [0.4, 0.5) is 5.69 Å². The van der Waals surface area contributed by atoms with Gasteiger partial charge in [-0.3, -0.25) is 10.1 Å². The van der Waals surface area contributed by atoms with Gasteiger partial charge in [0.2, 0.25) is 0 Å². The van der Waals surface area contributed by atoms with Crippen molar-refractivity contribution in [1.29, 1.82) is 0 Å². The van der Waals surface area contributed by atoms with Crippen molar-refractivity contribution in [3.05, 3.63) is 34.4 Å². The van der Waals surface area contributed by atoms with Crippen molar-refractivity contribution >= 4 is 5.69 Å². The molecule has 0 spiro atoms. The Morgan fingerprint density at radius 3 is 2.74 bits per heavy atom. The minimum absolute atomic E-state index is 0.00886. The van der Waals surface area contributed by atoms with Crippen LogP contribution in [0.15, 0.2) is 24.3 Å². The summed E-state index contributed by atoms with van der Waals surface area (Å²) >= 11 is 0. The Labute approximate surface area is 137 Å². The maximum atomic E-state index is 10.7. The van der Waals surface area contributed by atoms with Gasteiger partial charge in [0.25, 0.3) is 5.69 Å². The molecule has 1 unspecified atom stereocenters. The third-order valence-electron chi connectivity index (χ3n) is 4.58. The number of benzene rings is 1. The van der Waals surface area contributed by atoms with E-state index in [2.05, 4.69) is 11.8 Å². The Hall–Kier alpha value is -1.66. The largest absolute Gasteiger partial charge is 0.491 e. The van der Waals surface area contributed by atoms with Gasteiger partial charge in [-0.15, -0.1) is 0 Å². The van der Waals surface area contributed by atoms with E-state index in [0.29, 0.717) is 18.3 Å². The molecule has 0 aromatic heterocycles. The third kappa shape index (κ3) is 5.48. The maximum Gasteiger partial charge on any atom is 0.273 e. The molecule has 0 heterocycles. The standard InChI is InChI=1S/C17H26N2O4/c1-13-6-8-14(9-7-13)18(2)11-16(20)12-23-17-5-3-4-15(10-17)19(21)22/h3-5,10,13-14,16,20H,6-9,11-12H2,1-2H3. The van der Waals surface area contributed by atoms with Crippen molar-refractivity contribution in [3.63, 3.8) is 0 Å². The van der Waals surface area contributed by atoms with Crippen LogP contribution in [-0.2, 0) is 0 Å². The normalized spacial score (nSPS) is 22.8. The Kier molecular flexibility index (Phi) is 6.36. The van der Waals surface area contributed by atoms with E-state index >= 15 is 0 Å². The first-order valence-corrected chi connectivity index (χ1v) is 8.21. The number of nitro benzene ring substituents is 1. The minimum Gasteiger partial charge on any atom is -0.491 e. The fourth-order valence-corrected chi connectivity index (χ4v) is 3.10. The number of hydrogen-bond donors (Lipinski definition) is 1. The maximum absolute atomic E-state index is 10.7. The second-order valence-electron chi connectivity index (χ2n) is 6.57. The number of aliphatic hydroxyl groups excluding tert-OH is 1. The average molecular weight is 322 g/mol. The van der Waals surface area contributed by atoms with Crippen LogP contribution >= 0.6 is 0 Å². The number of non-ortho nitro benzene ring substituents is 1. The highest BCUT2D eigenvalue weighted by molar-refractivity contribution is 5.37. The predicted octanol–water partition coefficient (Wildman–Crippen LogP) is 2.85. The van der Waals surface area contributed by atoms with Crippen molar-refractivity contribution in [3.8, 4) is 5.75 Å². The van der Waals surface area contributed by atoms with Gasteiger partial charge in [0.05, 0.1) is 11.0 Å². The lowest BCUT2D eigenvalue weighted by Gasteiger charge is -2.34. The second kappa shape index (κ2) is 8.26. The zero-order chi connectivity index (χ0) is 16.8. The molecule has 1 atom stereocenters. The number of hydrogen-bond acceptors (Lipinski definition) is 5. The Morgan fingerprint density at radius 1 is 1.39 bits per heavy atom. The molecule has 6 nitrogen and oxygen atoms in total. The lowest BCUT2D eigenvalue weighted by atomic mass is 9.87. The highest BCUT2D eigenvalue weighted by atomic mass is 16.6. The zero-order valence-electron chi connectivity index (χ0n) is 13.9. The van der Waals surface area contributed by atoms with Gasteiger partial charge in [-0.05, 0) is 44.7 Å². The van der Waals surface area contributed by atoms with E-state index in [0.717, 1.165) is 5.92 Å². The molecule has 0 bridgehead atoms. The van der Waals surface area contributed by atoms with Gasteiger partial charge in [0.15, 0.2) is 0 Å². The molecule has 0 aliphatic heterocycles. The molecule has 1 saturated carbocycles. The molecule has 1 fully saturated rings. The molecule has 0 radical (unpaired) electrons. The first kappa shape index (κ1) is 17.7. The van der Waals surface area contributed by atoms with Gasteiger partial charge < -0.3 is 14.7 Å². The number of rotatable bonds is 7. The molecule has 1 N–H and O–H groups in total. The van der Waals surface area contributed by atoms with E-state index in [-0.39, 0.29) is 12.3 Å². The third-order valence-corrected chi connectivity index (χ3v) is 4.58. The Morgan fingerprint density at radius 2 is 2.09 bits per heavy atom. The fraction of sp³-hybridized carbons (Fsp3) is 0.647. The molecule has 0 amide bonds. The summed E-state index contributed by atoms with van der Waals surface area (Å²) in [6.07, 6.45) is 4.23. The lowest BCUT2D eigenvalue weighted by molar-refractivity contribution is -0.384. The summed E-state index contributed by atoms with van der Waals surface area (Å²) in [6, 6.07) is 6.56. The van der Waals surface area contributed by atoms with Crippen LogP contribution in [0.2, 0.25) is 0 Å². The van der Waals surface area contributed by atoms with Crippen LogP contribution in [-0.4, -0.2) is 47.3 Å². The van der Waals surface area contributed by atoms with Crippen LogP contribution in [0, 0.1) is 16.0 Å². The highest BCUT2D eigenvalue weighted by Gasteiger charge is 2.23. The first-order chi connectivity index (χ1) is 11.0. The van der Waals surface area contributed by atoms with Gasteiger partial charge >= 0.3 is 0 Å². The number of aliphatic hydroxyl groups is 1. The van der Waals surface area contributed by atoms with Gasteiger partial charge in [-0.1, -0.05) is 13.0 Å². The molecule has 0 saturated heterocycles. The number of likely N-dealkylation sites (N-methyl/N-ethyl adjacent to an activating group) is 1. The fourth-order valence-electron chi connectivity index (χ4n) is 3.10. The van der Waals surface area contributed by atoms with Crippen molar-refractivity contribution in [1.82, 2.24) is 4.90 Å². The molecule has 6 heteroatoms. The van der Waals surface area contributed by atoms with Gasteiger partial charge in [0.1, 0.15) is 18.5 Å². The highest BCUT2D eigenvalue weighted by Crippen LogP contribution is 2.26. The molecule has 1 aliphatic carbocycles. The summed E-state index contributed by atoms with van der Waals surface area (Å²) in [7, 11) is 2.04. The van der Waals surface area contributed by atoms with Crippen molar-refractivity contribution < 1.29 is 14.8 Å². The van der Waals surface area contributed by atoms with Crippen molar-refractivity contribution in [2.75, 3.05) is 20.2 Å². The molecule has 23 heavy (non-hydrogen) atoms. The van der Waals surface area contributed by atoms with E-state index in [1.807, 2.05) is 7.05 Å². The van der Waals surface area contributed by atoms with E-state index in [1.165, 1.54) is 37.8 Å². The Balaban J connectivity index is 1.77. The molecule has 2 rings (SSSR count). The number of nitrogens with zero attached hydrogens (tertiary/aromatic N) is 2. The van der Waals surface area contributed by atoms with E-state index in [9.17, 15) is 15.2 Å². The second-order valence-corrected chi connectivity index (χ2v) is 6.57. The van der Waals surface area contributed by atoms with Crippen molar-refractivity contribution in [2.45, 2.75) is 44.8 Å².